The maximum Gasteiger partial charge on any atom is 0.237 e. The summed E-state index contributed by atoms with van der Waals surface area (Å²) in [5.41, 5.74) is 0.971. The number of rotatable bonds is 4. The van der Waals surface area contributed by atoms with E-state index in [1.165, 1.54) is 0 Å². The van der Waals surface area contributed by atoms with E-state index in [2.05, 4.69) is 26.6 Å². The Morgan fingerprint density at radius 2 is 2.44 bits per heavy atom. The van der Waals surface area contributed by atoms with Gasteiger partial charge < -0.3 is 15.4 Å². The van der Waals surface area contributed by atoms with E-state index in [4.69, 9.17) is 4.74 Å². The molecule has 0 bridgehead atoms. The van der Waals surface area contributed by atoms with E-state index in [-0.39, 0.29) is 11.9 Å². The zero-order valence-corrected chi connectivity index (χ0v) is 11.9. The normalized spacial score (nSPS) is 18.7. The molecule has 0 aromatic heterocycles. The van der Waals surface area contributed by atoms with Crippen LogP contribution in [0.3, 0.4) is 0 Å². The second-order valence-corrected chi connectivity index (χ2v) is 5.24. The first-order valence-corrected chi connectivity index (χ1v) is 6.83. The Kier molecular flexibility index (Phi) is 4.60. The van der Waals surface area contributed by atoms with E-state index in [1.807, 2.05) is 18.2 Å². The molecule has 5 heteroatoms. The third-order valence-corrected chi connectivity index (χ3v) is 3.57. The molecule has 0 spiro atoms. The lowest BCUT2D eigenvalue weighted by Crippen LogP contribution is -2.40. The molecule has 1 aliphatic rings. The van der Waals surface area contributed by atoms with Gasteiger partial charge in [-0.15, -0.1) is 0 Å². The molecule has 1 heterocycles. The van der Waals surface area contributed by atoms with Crippen LogP contribution in [0.1, 0.15) is 18.4 Å². The van der Waals surface area contributed by atoms with Crippen LogP contribution >= 0.6 is 15.9 Å². The van der Waals surface area contributed by atoms with Crippen molar-refractivity contribution in [2.45, 2.75) is 25.4 Å². The van der Waals surface area contributed by atoms with Crippen molar-refractivity contribution in [1.82, 2.24) is 10.6 Å². The molecule has 0 saturated carbocycles. The number of ether oxygens (including phenoxy) is 1. The molecule has 1 amide bonds. The molecule has 1 aliphatic heterocycles. The Hall–Kier alpha value is -1.07. The van der Waals surface area contributed by atoms with E-state index >= 15 is 0 Å². The van der Waals surface area contributed by atoms with Gasteiger partial charge in [-0.2, -0.15) is 0 Å². The molecule has 2 N–H and O–H groups in total. The second-order valence-electron chi connectivity index (χ2n) is 4.32. The summed E-state index contributed by atoms with van der Waals surface area (Å²) in [6.45, 7) is 1.41. The smallest absolute Gasteiger partial charge is 0.237 e. The summed E-state index contributed by atoms with van der Waals surface area (Å²) < 4.78 is 6.25. The van der Waals surface area contributed by atoms with E-state index in [9.17, 15) is 4.79 Å². The van der Waals surface area contributed by atoms with Gasteiger partial charge in [0.1, 0.15) is 5.75 Å². The average Bonchev–Trinajstić information content (AvgIpc) is 2.90. The topological polar surface area (TPSA) is 50.4 Å². The number of hydrogen-bond acceptors (Lipinski definition) is 3. The van der Waals surface area contributed by atoms with Crippen LogP contribution in [-0.2, 0) is 11.3 Å². The largest absolute Gasteiger partial charge is 0.496 e. The van der Waals surface area contributed by atoms with E-state index < -0.39 is 0 Å². The highest BCUT2D eigenvalue weighted by atomic mass is 79.9. The van der Waals surface area contributed by atoms with Gasteiger partial charge in [-0.05, 0) is 37.6 Å². The third-order valence-electron chi connectivity index (χ3n) is 3.07. The van der Waals surface area contributed by atoms with Gasteiger partial charge in [0.05, 0.1) is 13.2 Å². The molecule has 1 unspecified atom stereocenters. The number of hydrogen-bond donors (Lipinski definition) is 2. The molecule has 0 radical (unpaired) electrons. The van der Waals surface area contributed by atoms with Crippen LogP contribution < -0.4 is 15.4 Å². The molecular weight excluding hydrogens is 296 g/mol. The lowest BCUT2D eigenvalue weighted by molar-refractivity contribution is -0.122. The van der Waals surface area contributed by atoms with Gasteiger partial charge in [0, 0.05) is 16.6 Å². The summed E-state index contributed by atoms with van der Waals surface area (Å²) in [6.07, 6.45) is 1.99. The summed E-state index contributed by atoms with van der Waals surface area (Å²) in [5.74, 6) is 0.854. The molecule has 1 atom stereocenters. The molecule has 1 fully saturated rings. The van der Waals surface area contributed by atoms with Crippen molar-refractivity contribution >= 4 is 21.8 Å². The molecule has 98 valence electrons. The summed E-state index contributed by atoms with van der Waals surface area (Å²) in [4.78, 5) is 11.9. The summed E-state index contributed by atoms with van der Waals surface area (Å²) in [6, 6.07) is 5.73. The van der Waals surface area contributed by atoms with Gasteiger partial charge in [0.25, 0.3) is 0 Å². The highest BCUT2D eigenvalue weighted by Gasteiger charge is 2.21. The fraction of sp³-hybridized carbons (Fsp3) is 0.462. The highest BCUT2D eigenvalue weighted by molar-refractivity contribution is 9.10. The number of carbonyl (C=O) groups excluding carboxylic acids is 1. The first-order valence-electron chi connectivity index (χ1n) is 6.04. The Morgan fingerprint density at radius 1 is 1.61 bits per heavy atom. The quantitative estimate of drug-likeness (QED) is 0.891. The van der Waals surface area contributed by atoms with Crippen LogP contribution in [0.4, 0.5) is 0 Å². The summed E-state index contributed by atoms with van der Waals surface area (Å²) in [5, 5.41) is 6.12. The SMILES string of the molecule is COc1ccc(Br)cc1CNC(=O)C1CCCN1. The van der Waals surface area contributed by atoms with Crippen molar-refractivity contribution in [3.63, 3.8) is 0 Å². The Bertz CT molecular complexity index is 431. The lowest BCUT2D eigenvalue weighted by atomic mass is 10.2. The third kappa shape index (κ3) is 3.23. The Balaban J connectivity index is 1.96. The van der Waals surface area contributed by atoms with E-state index in [1.54, 1.807) is 7.11 Å². The second kappa shape index (κ2) is 6.20. The molecule has 4 nitrogen and oxygen atoms in total. The number of nitrogens with one attached hydrogen (secondary N) is 2. The molecule has 0 aliphatic carbocycles. The van der Waals surface area contributed by atoms with E-state index in [0.717, 1.165) is 35.2 Å². The van der Waals surface area contributed by atoms with Crippen molar-refractivity contribution in [1.29, 1.82) is 0 Å². The Morgan fingerprint density at radius 3 is 3.11 bits per heavy atom. The summed E-state index contributed by atoms with van der Waals surface area (Å²) in [7, 11) is 1.63. The first kappa shape index (κ1) is 13.4. The van der Waals surface area contributed by atoms with Crippen LogP contribution in [0, 0.1) is 0 Å². The molecule has 1 aromatic carbocycles. The molecule has 1 saturated heterocycles. The van der Waals surface area contributed by atoms with Gasteiger partial charge in [0.15, 0.2) is 0 Å². The van der Waals surface area contributed by atoms with Gasteiger partial charge >= 0.3 is 0 Å². The maximum absolute atomic E-state index is 11.9. The number of halogens is 1. The lowest BCUT2D eigenvalue weighted by Gasteiger charge is -2.13. The fourth-order valence-electron chi connectivity index (χ4n) is 2.10. The molecule has 18 heavy (non-hydrogen) atoms. The predicted molar refractivity (Wildman–Crippen MR) is 73.6 cm³/mol. The molecule has 1 aromatic rings. The monoisotopic (exact) mass is 312 g/mol. The maximum atomic E-state index is 11.9. The van der Waals surface area contributed by atoms with Gasteiger partial charge in [-0.1, -0.05) is 15.9 Å². The van der Waals surface area contributed by atoms with Crippen LogP contribution in [0.2, 0.25) is 0 Å². The minimum atomic E-state index is -0.0388. The number of carbonyl (C=O) groups is 1. The van der Waals surface area contributed by atoms with E-state index in [0.29, 0.717) is 6.54 Å². The van der Waals surface area contributed by atoms with Crippen LogP contribution in [-0.4, -0.2) is 25.6 Å². The van der Waals surface area contributed by atoms with Crippen molar-refractivity contribution in [2.75, 3.05) is 13.7 Å². The minimum absolute atomic E-state index is 0.0388. The molecular formula is C13H17BrN2O2. The zero-order chi connectivity index (χ0) is 13.0. The number of benzene rings is 1. The standard InChI is InChI=1S/C13H17BrN2O2/c1-18-12-5-4-10(14)7-9(12)8-16-13(17)11-3-2-6-15-11/h4-5,7,11,15H,2-3,6,8H2,1H3,(H,16,17). The number of amides is 1. The van der Waals surface area contributed by atoms with Crippen LogP contribution in [0.25, 0.3) is 0 Å². The average molecular weight is 313 g/mol. The fourth-order valence-corrected chi connectivity index (χ4v) is 2.51. The number of methoxy groups -OCH3 is 1. The van der Waals surface area contributed by atoms with Gasteiger partial charge in [-0.25, -0.2) is 0 Å². The predicted octanol–water partition coefficient (Wildman–Crippen LogP) is 1.83. The van der Waals surface area contributed by atoms with Crippen LogP contribution in [0.15, 0.2) is 22.7 Å². The van der Waals surface area contributed by atoms with Crippen molar-refractivity contribution in [2.24, 2.45) is 0 Å². The van der Waals surface area contributed by atoms with Gasteiger partial charge in [-0.3, -0.25) is 4.79 Å². The summed E-state index contributed by atoms with van der Waals surface area (Å²) >= 11 is 3.42. The molecule has 2 rings (SSSR count). The van der Waals surface area contributed by atoms with Crippen molar-refractivity contribution in [3.8, 4) is 5.75 Å². The zero-order valence-electron chi connectivity index (χ0n) is 10.3. The Labute approximate surface area is 115 Å². The highest BCUT2D eigenvalue weighted by Crippen LogP contribution is 2.22. The minimum Gasteiger partial charge on any atom is -0.496 e. The van der Waals surface area contributed by atoms with Crippen molar-refractivity contribution in [3.05, 3.63) is 28.2 Å². The van der Waals surface area contributed by atoms with Crippen molar-refractivity contribution < 1.29 is 9.53 Å². The van der Waals surface area contributed by atoms with Crippen LogP contribution in [0.5, 0.6) is 5.75 Å². The van der Waals surface area contributed by atoms with Gasteiger partial charge in [0.2, 0.25) is 5.91 Å². The first-order chi connectivity index (χ1) is 8.70.